The zero-order chi connectivity index (χ0) is 28.9. The summed E-state index contributed by atoms with van der Waals surface area (Å²) in [5.74, 6) is 0. The van der Waals surface area contributed by atoms with Gasteiger partial charge < -0.3 is 16.1 Å². The number of aromatic nitrogens is 1. The van der Waals surface area contributed by atoms with Crippen LogP contribution in [0.5, 0.6) is 0 Å². The van der Waals surface area contributed by atoms with Gasteiger partial charge in [-0.05, 0) is 42.5 Å². The van der Waals surface area contributed by atoms with E-state index in [1.54, 1.807) is 6.07 Å². The largest absolute Gasteiger partial charge is 0.377 e. The molecule has 1 aliphatic heterocycles. The van der Waals surface area contributed by atoms with Gasteiger partial charge in [0.1, 0.15) is 12.1 Å². The van der Waals surface area contributed by atoms with Crippen LogP contribution in [0.15, 0.2) is 90.9 Å². The van der Waals surface area contributed by atoms with Crippen molar-refractivity contribution in [2.45, 2.75) is 43.8 Å². The van der Waals surface area contributed by atoms with Crippen molar-refractivity contribution in [3.8, 4) is 18.2 Å². The van der Waals surface area contributed by atoms with Gasteiger partial charge in [-0.2, -0.15) is 15.8 Å². The number of hydrazine groups is 2. The van der Waals surface area contributed by atoms with E-state index in [9.17, 15) is 15.8 Å². The summed E-state index contributed by atoms with van der Waals surface area (Å²) in [6, 6.07) is 30.6. The van der Waals surface area contributed by atoms with E-state index in [2.05, 4.69) is 68.1 Å². The van der Waals surface area contributed by atoms with E-state index in [-0.39, 0.29) is 12.1 Å². The highest BCUT2D eigenvalue weighted by Crippen LogP contribution is 2.37. The number of rotatable bonds is 10. The predicted octanol–water partition coefficient (Wildman–Crippen LogP) is 5.92. The maximum atomic E-state index is 10.1. The number of nitrogens with one attached hydrogen (secondary N) is 4. The number of anilines is 2. The Hall–Kier alpha value is -5.56. The molecule has 9 nitrogen and oxygen atoms in total. The normalized spacial score (nSPS) is 15.5. The molecular weight excluding hydrogens is 522 g/mol. The van der Waals surface area contributed by atoms with Crippen LogP contribution in [0.4, 0.5) is 11.4 Å². The minimum Gasteiger partial charge on any atom is -0.377 e. The second kappa shape index (κ2) is 11.9. The van der Waals surface area contributed by atoms with Crippen molar-refractivity contribution in [2.24, 2.45) is 0 Å². The molecule has 2 atom stereocenters. The Morgan fingerprint density at radius 2 is 1.62 bits per heavy atom. The van der Waals surface area contributed by atoms with Gasteiger partial charge in [0.25, 0.3) is 0 Å². The fraction of sp³-hybridized carbons (Fsp3) is 0.212. The van der Waals surface area contributed by atoms with E-state index in [4.69, 9.17) is 0 Å². The molecule has 0 radical (unpaired) electrons. The standard InChI is InChI=1S/C33H29N9/c34-15-7-12-29(22-8-3-1-4-9-22)39-32-25(19-36)20-37-31-24(18-35)16-26(17-28(31)32)38-33(23-10-5-2-6-11-23)30-21-42(41-40-30)27-13-14-27/h1-6,8-11,16-17,20-21,27,29,33,38,40-41H,7,12-14H2,(H,37,39)/t29-,33+/m1/s1. The molecule has 1 aromatic heterocycles. The van der Waals surface area contributed by atoms with Gasteiger partial charge in [-0.25, -0.2) is 0 Å². The van der Waals surface area contributed by atoms with Crippen molar-refractivity contribution in [1.82, 2.24) is 21.0 Å². The summed E-state index contributed by atoms with van der Waals surface area (Å²) >= 11 is 0. The lowest BCUT2D eigenvalue weighted by Gasteiger charge is -2.24. The quantitative estimate of drug-likeness (QED) is 0.189. The third kappa shape index (κ3) is 5.53. The second-order valence-corrected chi connectivity index (χ2v) is 10.4. The lowest BCUT2D eigenvalue weighted by molar-refractivity contribution is 0.260. The first-order valence-electron chi connectivity index (χ1n) is 14.0. The van der Waals surface area contributed by atoms with Crippen molar-refractivity contribution >= 4 is 22.3 Å². The van der Waals surface area contributed by atoms with Crippen molar-refractivity contribution in [3.05, 3.63) is 113 Å². The minimum atomic E-state index is -0.234. The van der Waals surface area contributed by atoms with Crippen molar-refractivity contribution in [2.75, 3.05) is 10.6 Å². The van der Waals surface area contributed by atoms with Gasteiger partial charge in [-0.15, -0.1) is 5.53 Å². The molecule has 0 unspecified atom stereocenters. The molecule has 0 saturated heterocycles. The lowest BCUT2D eigenvalue weighted by atomic mass is 9.99. The molecule has 3 aromatic carbocycles. The predicted molar refractivity (Wildman–Crippen MR) is 161 cm³/mol. The molecule has 4 N–H and O–H groups in total. The second-order valence-electron chi connectivity index (χ2n) is 10.4. The molecule has 0 bridgehead atoms. The van der Waals surface area contributed by atoms with Crippen LogP contribution in [0.2, 0.25) is 0 Å². The smallest absolute Gasteiger partial charge is 0.103 e. The third-order valence-electron chi connectivity index (χ3n) is 7.58. The average Bonchev–Trinajstić information content (AvgIpc) is 3.78. The molecule has 0 amide bonds. The Balaban J connectivity index is 1.43. The molecule has 206 valence electrons. The highest BCUT2D eigenvalue weighted by Gasteiger charge is 2.32. The van der Waals surface area contributed by atoms with Gasteiger partial charge in [0, 0.05) is 35.9 Å². The molecule has 1 aliphatic carbocycles. The summed E-state index contributed by atoms with van der Waals surface area (Å²) in [5, 5.41) is 39.5. The zero-order valence-electron chi connectivity index (χ0n) is 22.9. The van der Waals surface area contributed by atoms with Gasteiger partial charge in [0.2, 0.25) is 0 Å². The monoisotopic (exact) mass is 551 g/mol. The SMILES string of the molecule is N#CCC[C@@H](Nc1c(C#N)cnc2c(C#N)cc(N[C@H](C3=CN(C4CC4)NN3)c3ccccc3)cc12)c1ccccc1. The molecule has 2 aliphatic rings. The Labute approximate surface area is 244 Å². The first-order valence-corrected chi connectivity index (χ1v) is 14.0. The van der Waals surface area contributed by atoms with E-state index in [0.29, 0.717) is 52.3 Å². The molecule has 9 heteroatoms. The Morgan fingerprint density at radius 3 is 2.29 bits per heavy atom. The maximum absolute atomic E-state index is 10.1. The van der Waals surface area contributed by atoms with Crippen LogP contribution in [-0.2, 0) is 0 Å². The molecular formula is C33H29N9. The van der Waals surface area contributed by atoms with E-state index < -0.39 is 0 Å². The molecule has 0 spiro atoms. The highest BCUT2D eigenvalue weighted by atomic mass is 15.7. The van der Waals surface area contributed by atoms with Crippen LogP contribution in [0, 0.1) is 34.0 Å². The Kier molecular flexibility index (Phi) is 7.55. The molecule has 6 rings (SSSR count). The number of benzene rings is 3. The van der Waals surface area contributed by atoms with Crippen LogP contribution < -0.4 is 21.6 Å². The molecule has 1 saturated carbocycles. The van der Waals surface area contributed by atoms with Crippen molar-refractivity contribution in [1.29, 1.82) is 15.8 Å². The number of nitriles is 3. The highest BCUT2D eigenvalue weighted by molar-refractivity contribution is 5.99. The van der Waals surface area contributed by atoms with Crippen LogP contribution in [0.3, 0.4) is 0 Å². The van der Waals surface area contributed by atoms with Crippen LogP contribution in [-0.4, -0.2) is 16.0 Å². The number of hydrogen-bond acceptors (Lipinski definition) is 9. The maximum Gasteiger partial charge on any atom is 0.103 e. The van der Waals surface area contributed by atoms with Crippen molar-refractivity contribution in [3.63, 3.8) is 0 Å². The number of nitrogens with zero attached hydrogens (tertiary/aromatic N) is 5. The number of pyridine rings is 1. The number of hydrogen-bond donors (Lipinski definition) is 4. The first kappa shape index (κ1) is 26.7. The summed E-state index contributed by atoms with van der Waals surface area (Å²) in [4.78, 5) is 4.51. The van der Waals surface area contributed by atoms with Crippen LogP contribution in [0.25, 0.3) is 10.9 Å². The molecule has 2 heterocycles. The Morgan fingerprint density at radius 1 is 0.905 bits per heavy atom. The van der Waals surface area contributed by atoms with Gasteiger partial charge >= 0.3 is 0 Å². The zero-order valence-corrected chi connectivity index (χ0v) is 22.9. The van der Waals surface area contributed by atoms with Gasteiger partial charge in [-0.1, -0.05) is 60.7 Å². The third-order valence-corrected chi connectivity index (χ3v) is 7.58. The lowest BCUT2D eigenvalue weighted by Crippen LogP contribution is -2.38. The fourth-order valence-electron chi connectivity index (χ4n) is 5.29. The number of fused-ring (bicyclic) bond motifs is 1. The Bertz CT molecular complexity index is 1740. The van der Waals surface area contributed by atoms with Gasteiger partial charge in [0.15, 0.2) is 0 Å². The fourth-order valence-corrected chi connectivity index (χ4v) is 5.29. The summed E-state index contributed by atoms with van der Waals surface area (Å²) in [5.41, 5.74) is 12.2. The van der Waals surface area contributed by atoms with Crippen LogP contribution >= 0.6 is 0 Å². The summed E-state index contributed by atoms with van der Waals surface area (Å²) in [6.07, 6.45) is 6.81. The van der Waals surface area contributed by atoms with Gasteiger partial charge in [-0.3, -0.25) is 9.99 Å². The molecule has 42 heavy (non-hydrogen) atoms. The van der Waals surface area contributed by atoms with E-state index in [1.165, 1.54) is 6.20 Å². The van der Waals surface area contributed by atoms with Crippen LogP contribution in [0.1, 0.15) is 60.0 Å². The molecule has 1 fully saturated rings. The topological polar surface area (TPSA) is 136 Å². The molecule has 4 aromatic rings. The summed E-state index contributed by atoms with van der Waals surface area (Å²) in [6.45, 7) is 0. The van der Waals surface area contributed by atoms with E-state index in [0.717, 1.165) is 29.7 Å². The minimum absolute atomic E-state index is 0.213. The van der Waals surface area contributed by atoms with Gasteiger partial charge in [0.05, 0.1) is 46.2 Å². The van der Waals surface area contributed by atoms with Crippen molar-refractivity contribution < 1.29 is 0 Å². The first-order chi connectivity index (χ1) is 20.7. The summed E-state index contributed by atoms with van der Waals surface area (Å²) in [7, 11) is 0. The average molecular weight is 552 g/mol. The summed E-state index contributed by atoms with van der Waals surface area (Å²) < 4.78 is 0. The van der Waals surface area contributed by atoms with E-state index in [1.807, 2.05) is 54.6 Å². The van der Waals surface area contributed by atoms with E-state index >= 15 is 0 Å².